The minimum atomic E-state index is -0.325. The van der Waals surface area contributed by atoms with Crippen molar-refractivity contribution in [3.8, 4) is 22.8 Å². The number of aromatic nitrogens is 3. The summed E-state index contributed by atoms with van der Waals surface area (Å²) in [7, 11) is 0. The molecule has 2 heterocycles. The van der Waals surface area contributed by atoms with Gasteiger partial charge < -0.3 is 9.80 Å². The zero-order chi connectivity index (χ0) is 26.5. The van der Waals surface area contributed by atoms with Crippen LogP contribution < -0.4 is 0 Å². The van der Waals surface area contributed by atoms with Crippen molar-refractivity contribution in [1.29, 1.82) is 0 Å². The quantitative estimate of drug-likeness (QED) is 0.399. The second-order valence-electron chi connectivity index (χ2n) is 9.27. The van der Waals surface area contributed by atoms with E-state index in [2.05, 4.69) is 28.7 Å². The van der Waals surface area contributed by atoms with Gasteiger partial charge in [0.15, 0.2) is 11.6 Å². The summed E-state index contributed by atoms with van der Waals surface area (Å²) in [6.07, 6.45) is 11.7. The van der Waals surface area contributed by atoms with E-state index in [-0.39, 0.29) is 18.3 Å². The summed E-state index contributed by atoms with van der Waals surface area (Å²) in [6, 6.07) is 13.8. The number of carbonyl (C=O) groups is 1. The fraction of sp³-hybridized carbons (Fsp3) is 0.233. The van der Waals surface area contributed by atoms with E-state index in [1.54, 1.807) is 22.9 Å². The average Bonchev–Trinajstić information content (AvgIpc) is 3.35. The minimum Gasteiger partial charge on any atom is -0.371 e. The molecule has 1 aliphatic carbocycles. The van der Waals surface area contributed by atoms with Gasteiger partial charge in [-0.25, -0.2) is 14.1 Å². The Balaban J connectivity index is 1.33. The number of allylic oxidation sites excluding steroid dienone is 6. The molecule has 194 valence electrons. The van der Waals surface area contributed by atoms with E-state index < -0.39 is 0 Å². The van der Waals surface area contributed by atoms with Crippen molar-refractivity contribution in [3.05, 3.63) is 102 Å². The van der Waals surface area contributed by atoms with Crippen LogP contribution in [0.5, 0.6) is 0 Å². The molecule has 0 bridgehead atoms. The van der Waals surface area contributed by atoms with Crippen molar-refractivity contribution < 1.29 is 9.18 Å². The van der Waals surface area contributed by atoms with Crippen LogP contribution in [0, 0.1) is 5.82 Å². The normalized spacial score (nSPS) is 15.9. The molecule has 6 nitrogen and oxygen atoms in total. The van der Waals surface area contributed by atoms with Gasteiger partial charge in [-0.05, 0) is 60.9 Å². The number of nitrogens with zero attached hydrogens (tertiary/aromatic N) is 5. The number of benzene rings is 2. The summed E-state index contributed by atoms with van der Waals surface area (Å²) < 4.78 is 15.1. The molecule has 2 aliphatic rings. The lowest BCUT2D eigenvalue weighted by molar-refractivity contribution is -0.133. The molecule has 0 atom stereocenters. The van der Waals surface area contributed by atoms with E-state index in [0.29, 0.717) is 30.3 Å². The van der Waals surface area contributed by atoms with Gasteiger partial charge >= 0.3 is 0 Å². The number of carbonyl (C=O) groups excluding carboxylic acids is 1. The van der Waals surface area contributed by atoms with Gasteiger partial charge in [0.05, 0.1) is 0 Å². The third-order valence-corrected chi connectivity index (χ3v) is 7.03. The van der Waals surface area contributed by atoms with E-state index in [0.717, 1.165) is 42.1 Å². The molecular formula is C30H29ClFN5O. The molecule has 1 aliphatic heterocycles. The van der Waals surface area contributed by atoms with Gasteiger partial charge in [0.2, 0.25) is 5.91 Å². The Morgan fingerprint density at radius 3 is 2.42 bits per heavy atom. The number of hydrogen-bond donors (Lipinski definition) is 0. The molecular weight excluding hydrogens is 501 g/mol. The summed E-state index contributed by atoms with van der Waals surface area (Å²) >= 11 is 6.18. The van der Waals surface area contributed by atoms with Crippen molar-refractivity contribution in [3.63, 3.8) is 0 Å². The van der Waals surface area contributed by atoms with E-state index >= 15 is 0 Å². The zero-order valence-electron chi connectivity index (χ0n) is 21.1. The highest BCUT2D eigenvalue weighted by molar-refractivity contribution is 6.31. The second kappa shape index (κ2) is 11.6. The molecule has 3 aromatic rings. The molecule has 5 rings (SSSR count). The summed E-state index contributed by atoms with van der Waals surface area (Å²) in [5.41, 5.74) is 3.75. The summed E-state index contributed by atoms with van der Waals surface area (Å²) in [6.45, 7) is 6.67. The number of piperazine rings is 1. The van der Waals surface area contributed by atoms with Crippen molar-refractivity contribution >= 4 is 23.6 Å². The standard InChI is InChI=1S/C30H29ClFN5O/c1-2-22-7-9-24(10-8-22)30-33-29(23-11-14-26(32)15-12-23)34-37(30)21-28(38)36-19-17-35(18-20-36)27-6-4-3-5-25(31)13-16-27/h2-3,5,7-16H,1,4,6,17-21H2. The highest BCUT2D eigenvalue weighted by Crippen LogP contribution is 2.24. The van der Waals surface area contributed by atoms with Crippen LogP contribution in [0.4, 0.5) is 4.39 Å². The van der Waals surface area contributed by atoms with Crippen LogP contribution >= 0.6 is 11.6 Å². The zero-order valence-corrected chi connectivity index (χ0v) is 21.8. The summed E-state index contributed by atoms with van der Waals surface area (Å²) in [5.74, 6) is 0.695. The Kier molecular flexibility index (Phi) is 7.84. The Bertz CT molecular complexity index is 1400. The summed E-state index contributed by atoms with van der Waals surface area (Å²) in [4.78, 5) is 22.3. The van der Waals surface area contributed by atoms with Crippen molar-refractivity contribution in [2.75, 3.05) is 26.2 Å². The maximum absolute atomic E-state index is 13.5. The Morgan fingerprint density at radius 1 is 1.00 bits per heavy atom. The molecule has 1 saturated heterocycles. The van der Waals surface area contributed by atoms with Crippen LogP contribution in [-0.2, 0) is 11.3 Å². The van der Waals surface area contributed by atoms with Gasteiger partial charge in [-0.1, -0.05) is 54.6 Å². The van der Waals surface area contributed by atoms with E-state index in [1.807, 2.05) is 41.3 Å². The molecule has 0 N–H and O–H groups in total. The van der Waals surface area contributed by atoms with Gasteiger partial charge in [0.25, 0.3) is 0 Å². The molecule has 0 spiro atoms. The van der Waals surface area contributed by atoms with Crippen molar-refractivity contribution in [2.24, 2.45) is 0 Å². The molecule has 38 heavy (non-hydrogen) atoms. The van der Waals surface area contributed by atoms with E-state index in [4.69, 9.17) is 16.6 Å². The van der Waals surface area contributed by atoms with Gasteiger partial charge in [-0.2, -0.15) is 0 Å². The molecule has 0 radical (unpaired) electrons. The van der Waals surface area contributed by atoms with Gasteiger partial charge in [-0.15, -0.1) is 5.10 Å². The first-order valence-electron chi connectivity index (χ1n) is 12.7. The summed E-state index contributed by atoms with van der Waals surface area (Å²) in [5, 5.41) is 5.37. The van der Waals surface area contributed by atoms with Crippen LogP contribution in [0.2, 0.25) is 0 Å². The van der Waals surface area contributed by atoms with Crippen LogP contribution in [0.25, 0.3) is 28.9 Å². The smallest absolute Gasteiger partial charge is 0.244 e. The lowest BCUT2D eigenvalue weighted by Crippen LogP contribution is -2.49. The fourth-order valence-corrected chi connectivity index (χ4v) is 4.78. The first-order chi connectivity index (χ1) is 18.5. The van der Waals surface area contributed by atoms with Gasteiger partial charge in [-0.3, -0.25) is 4.79 Å². The van der Waals surface area contributed by atoms with Crippen molar-refractivity contribution in [2.45, 2.75) is 19.4 Å². The highest BCUT2D eigenvalue weighted by Gasteiger charge is 2.24. The molecule has 1 aromatic heterocycles. The van der Waals surface area contributed by atoms with Crippen LogP contribution in [0.15, 0.2) is 90.1 Å². The van der Waals surface area contributed by atoms with Crippen molar-refractivity contribution in [1.82, 2.24) is 24.6 Å². The third-order valence-electron chi connectivity index (χ3n) is 6.78. The molecule has 0 unspecified atom stereocenters. The first kappa shape index (κ1) is 25.7. The molecule has 1 amide bonds. The predicted octanol–water partition coefficient (Wildman–Crippen LogP) is 5.90. The number of rotatable bonds is 6. The largest absolute Gasteiger partial charge is 0.371 e. The van der Waals surface area contributed by atoms with E-state index in [9.17, 15) is 9.18 Å². The van der Waals surface area contributed by atoms with Crippen LogP contribution in [0.3, 0.4) is 0 Å². The highest BCUT2D eigenvalue weighted by atomic mass is 35.5. The van der Waals surface area contributed by atoms with E-state index in [1.165, 1.54) is 17.8 Å². The Morgan fingerprint density at radius 2 is 1.71 bits per heavy atom. The predicted molar refractivity (Wildman–Crippen MR) is 149 cm³/mol. The third kappa shape index (κ3) is 5.94. The topological polar surface area (TPSA) is 54.3 Å². The Hall–Kier alpha value is -3.97. The van der Waals surface area contributed by atoms with Crippen LogP contribution in [-0.4, -0.2) is 56.7 Å². The molecule has 0 saturated carbocycles. The lowest BCUT2D eigenvalue weighted by atomic mass is 10.1. The maximum Gasteiger partial charge on any atom is 0.244 e. The number of halogens is 2. The molecule has 1 fully saturated rings. The number of amides is 1. The lowest BCUT2D eigenvalue weighted by Gasteiger charge is -2.37. The average molecular weight is 530 g/mol. The SMILES string of the molecule is C=Cc1ccc(-c2nc(-c3ccc(F)cc3)nn2CC(=O)N2CCN(C3=CC=C(Cl)C=CCC3)CC2)cc1. The van der Waals surface area contributed by atoms with Gasteiger partial charge in [0.1, 0.15) is 12.4 Å². The number of hydrogen-bond acceptors (Lipinski definition) is 4. The second-order valence-corrected chi connectivity index (χ2v) is 9.70. The maximum atomic E-state index is 13.5. The minimum absolute atomic E-state index is 0.0123. The Labute approximate surface area is 227 Å². The molecule has 2 aromatic carbocycles. The van der Waals surface area contributed by atoms with Crippen LogP contribution in [0.1, 0.15) is 18.4 Å². The van der Waals surface area contributed by atoms with Gasteiger partial charge in [0, 0.05) is 48.0 Å². The molecule has 8 heteroatoms. The fourth-order valence-electron chi connectivity index (χ4n) is 4.63. The first-order valence-corrected chi connectivity index (χ1v) is 13.1. The monoisotopic (exact) mass is 529 g/mol.